The second-order valence-electron chi connectivity index (χ2n) is 7.19. The maximum Gasteiger partial charge on any atom is 0.309 e. The molecule has 1 amide bonds. The van der Waals surface area contributed by atoms with Crippen LogP contribution in [0.1, 0.15) is 39.0 Å². The Balaban J connectivity index is 1.59. The molecule has 0 aromatic heterocycles. The van der Waals surface area contributed by atoms with Crippen LogP contribution in [0.15, 0.2) is 12.1 Å². The molecular formula is C19H20F3NO4. The fraction of sp³-hybridized carbons (Fsp3) is 0.526. The van der Waals surface area contributed by atoms with Crippen molar-refractivity contribution in [1.82, 2.24) is 0 Å². The van der Waals surface area contributed by atoms with Gasteiger partial charge >= 0.3 is 5.97 Å². The molecule has 0 heterocycles. The third kappa shape index (κ3) is 3.99. The summed E-state index contributed by atoms with van der Waals surface area (Å²) in [4.78, 5) is 36.6. The highest BCUT2D eigenvalue weighted by molar-refractivity contribution is 5.95. The molecule has 27 heavy (non-hydrogen) atoms. The molecule has 5 nitrogen and oxygen atoms in total. The monoisotopic (exact) mass is 383 g/mol. The number of benzene rings is 1. The first kappa shape index (κ1) is 19.4. The molecule has 0 spiro atoms. The SMILES string of the molecule is CC(OC(=O)C1CC2CCCC(C1)C2=O)C(=O)Nc1ccc(F)c(F)c1F. The number of hydrogen-bond donors (Lipinski definition) is 1. The Morgan fingerprint density at radius 3 is 2.37 bits per heavy atom. The van der Waals surface area contributed by atoms with Crippen molar-refractivity contribution < 1.29 is 32.3 Å². The van der Waals surface area contributed by atoms with E-state index in [1.807, 2.05) is 0 Å². The van der Waals surface area contributed by atoms with E-state index in [9.17, 15) is 27.6 Å². The predicted octanol–water partition coefficient (Wildman–Crippen LogP) is 3.37. The number of esters is 1. The Hall–Kier alpha value is -2.38. The van der Waals surface area contributed by atoms with E-state index in [1.54, 1.807) is 0 Å². The van der Waals surface area contributed by atoms with Crippen LogP contribution in [0, 0.1) is 35.2 Å². The average molecular weight is 383 g/mol. The summed E-state index contributed by atoms with van der Waals surface area (Å²) in [5.41, 5.74) is -0.542. The van der Waals surface area contributed by atoms with E-state index >= 15 is 0 Å². The highest BCUT2D eigenvalue weighted by atomic mass is 19.2. The molecular weight excluding hydrogens is 363 g/mol. The topological polar surface area (TPSA) is 72.5 Å². The molecule has 3 atom stereocenters. The fourth-order valence-electron chi connectivity index (χ4n) is 3.85. The fourth-order valence-corrected chi connectivity index (χ4v) is 3.85. The van der Waals surface area contributed by atoms with Crippen molar-refractivity contribution in [3.63, 3.8) is 0 Å². The van der Waals surface area contributed by atoms with Crippen molar-refractivity contribution >= 4 is 23.3 Å². The first-order valence-corrected chi connectivity index (χ1v) is 8.96. The summed E-state index contributed by atoms with van der Waals surface area (Å²) in [6.07, 6.45) is 2.10. The summed E-state index contributed by atoms with van der Waals surface area (Å²) in [5, 5.41) is 2.08. The number of anilines is 1. The lowest BCUT2D eigenvalue weighted by Crippen LogP contribution is -2.41. The molecule has 2 bridgehead atoms. The molecule has 8 heteroatoms. The Bertz CT molecular complexity index is 766. The number of ketones is 1. The van der Waals surface area contributed by atoms with Crippen molar-refractivity contribution in [3.05, 3.63) is 29.6 Å². The molecule has 1 aromatic carbocycles. The first-order chi connectivity index (χ1) is 12.8. The van der Waals surface area contributed by atoms with Gasteiger partial charge in [-0.15, -0.1) is 0 Å². The molecule has 2 fully saturated rings. The summed E-state index contributed by atoms with van der Waals surface area (Å²) >= 11 is 0. The largest absolute Gasteiger partial charge is 0.452 e. The number of ether oxygens (including phenoxy) is 1. The molecule has 0 radical (unpaired) electrons. The molecule has 2 saturated carbocycles. The first-order valence-electron chi connectivity index (χ1n) is 8.96. The highest BCUT2D eigenvalue weighted by Gasteiger charge is 2.42. The lowest BCUT2D eigenvalue weighted by Gasteiger charge is -2.36. The van der Waals surface area contributed by atoms with Gasteiger partial charge in [0.1, 0.15) is 5.78 Å². The molecule has 1 aromatic rings. The number of carbonyl (C=O) groups excluding carboxylic acids is 3. The van der Waals surface area contributed by atoms with Crippen molar-refractivity contribution in [2.45, 2.75) is 45.1 Å². The summed E-state index contributed by atoms with van der Waals surface area (Å²) in [7, 11) is 0. The third-order valence-corrected chi connectivity index (χ3v) is 5.34. The van der Waals surface area contributed by atoms with E-state index in [-0.39, 0.29) is 17.6 Å². The molecule has 3 unspecified atom stereocenters. The van der Waals surface area contributed by atoms with Crippen molar-refractivity contribution in [3.8, 4) is 0 Å². The van der Waals surface area contributed by atoms with Crippen LogP contribution in [0.5, 0.6) is 0 Å². The van der Waals surface area contributed by atoms with E-state index in [1.165, 1.54) is 6.92 Å². The number of hydrogen-bond acceptors (Lipinski definition) is 4. The van der Waals surface area contributed by atoms with Gasteiger partial charge in [0.25, 0.3) is 5.91 Å². The molecule has 2 aliphatic rings. The van der Waals surface area contributed by atoms with Gasteiger partial charge in [0.05, 0.1) is 11.6 Å². The van der Waals surface area contributed by atoms with Gasteiger partial charge < -0.3 is 10.1 Å². The molecule has 0 aliphatic heterocycles. The van der Waals surface area contributed by atoms with Gasteiger partial charge in [-0.05, 0) is 44.7 Å². The van der Waals surface area contributed by atoms with Crippen LogP contribution in [-0.2, 0) is 19.1 Å². The van der Waals surface area contributed by atoms with E-state index in [0.717, 1.165) is 25.3 Å². The lowest BCUT2D eigenvalue weighted by atomic mass is 9.67. The number of Topliss-reactive ketones (excluding diaryl/α,β-unsaturated/α-hetero) is 1. The van der Waals surface area contributed by atoms with Crippen LogP contribution in [0.3, 0.4) is 0 Å². The highest BCUT2D eigenvalue weighted by Crippen LogP contribution is 2.40. The van der Waals surface area contributed by atoms with Crippen LogP contribution < -0.4 is 5.32 Å². The van der Waals surface area contributed by atoms with Gasteiger partial charge in [-0.3, -0.25) is 14.4 Å². The number of nitrogens with one attached hydrogen (secondary N) is 1. The van der Waals surface area contributed by atoms with Crippen LogP contribution >= 0.6 is 0 Å². The van der Waals surface area contributed by atoms with Gasteiger partial charge in [-0.2, -0.15) is 0 Å². The molecule has 1 N–H and O–H groups in total. The van der Waals surface area contributed by atoms with Crippen molar-refractivity contribution in [2.24, 2.45) is 17.8 Å². The second-order valence-corrected chi connectivity index (χ2v) is 7.19. The number of carbonyl (C=O) groups is 3. The minimum Gasteiger partial charge on any atom is -0.452 e. The van der Waals surface area contributed by atoms with Crippen LogP contribution in [0.2, 0.25) is 0 Å². The Labute approximate surface area is 154 Å². The van der Waals surface area contributed by atoms with Crippen LogP contribution in [0.25, 0.3) is 0 Å². The zero-order valence-electron chi connectivity index (χ0n) is 14.8. The minimum absolute atomic E-state index is 0.129. The maximum atomic E-state index is 13.6. The number of fused-ring (bicyclic) bond motifs is 2. The summed E-state index contributed by atoms with van der Waals surface area (Å²) in [6, 6.07) is 1.57. The predicted molar refractivity (Wildman–Crippen MR) is 89.1 cm³/mol. The average Bonchev–Trinajstić information content (AvgIpc) is 2.61. The number of rotatable bonds is 4. The van der Waals surface area contributed by atoms with E-state index < -0.39 is 47.0 Å². The minimum atomic E-state index is -1.70. The molecule has 0 saturated heterocycles. The standard InChI is InChI=1S/C19H20F3NO4/c1-9(18(25)23-14-6-5-13(20)15(21)16(14)22)27-19(26)12-7-10-3-2-4-11(8-12)17(10)24/h5-6,9-12H,2-4,7-8H2,1H3,(H,23,25). The Morgan fingerprint density at radius 2 is 1.74 bits per heavy atom. The number of halogens is 3. The summed E-state index contributed by atoms with van der Waals surface area (Å²) in [6.45, 7) is 1.31. The van der Waals surface area contributed by atoms with Crippen molar-refractivity contribution in [1.29, 1.82) is 0 Å². The van der Waals surface area contributed by atoms with Gasteiger partial charge in [-0.1, -0.05) is 6.42 Å². The van der Waals surface area contributed by atoms with Gasteiger partial charge in [0.2, 0.25) is 0 Å². The Kier molecular flexibility index (Phi) is 5.53. The van der Waals surface area contributed by atoms with Gasteiger partial charge in [0, 0.05) is 11.8 Å². The summed E-state index contributed by atoms with van der Waals surface area (Å²) in [5.74, 6) is -6.53. The van der Waals surface area contributed by atoms with Gasteiger partial charge in [0.15, 0.2) is 23.6 Å². The second kappa shape index (κ2) is 7.70. The molecule has 3 rings (SSSR count). The van der Waals surface area contributed by atoms with Gasteiger partial charge in [-0.25, -0.2) is 13.2 Å². The third-order valence-electron chi connectivity index (χ3n) is 5.34. The van der Waals surface area contributed by atoms with E-state index in [0.29, 0.717) is 18.9 Å². The lowest BCUT2D eigenvalue weighted by molar-refractivity contribution is -0.161. The molecule has 2 aliphatic carbocycles. The van der Waals surface area contributed by atoms with Crippen molar-refractivity contribution in [2.75, 3.05) is 5.32 Å². The number of amides is 1. The summed E-state index contributed by atoms with van der Waals surface area (Å²) < 4.78 is 45.0. The molecule has 146 valence electrons. The smallest absolute Gasteiger partial charge is 0.309 e. The maximum absolute atomic E-state index is 13.6. The van der Waals surface area contributed by atoms with Crippen LogP contribution in [0.4, 0.5) is 18.9 Å². The Morgan fingerprint density at radius 1 is 1.11 bits per heavy atom. The van der Waals surface area contributed by atoms with E-state index in [4.69, 9.17) is 4.74 Å². The quantitative estimate of drug-likeness (QED) is 0.639. The van der Waals surface area contributed by atoms with E-state index in [2.05, 4.69) is 5.32 Å². The zero-order valence-corrected chi connectivity index (χ0v) is 14.8. The normalized spacial score (nSPS) is 25.6. The zero-order chi connectivity index (χ0) is 19.7. The van der Waals surface area contributed by atoms with Crippen LogP contribution in [-0.4, -0.2) is 23.8 Å².